The molecule has 23 heavy (non-hydrogen) atoms. The third-order valence-electron chi connectivity index (χ3n) is 2.95. The van der Waals surface area contributed by atoms with Crippen LogP contribution in [0.3, 0.4) is 0 Å². The van der Waals surface area contributed by atoms with E-state index in [-0.39, 0.29) is 17.3 Å². The number of fused-ring (bicyclic) bond motifs is 1. The lowest BCUT2D eigenvalue weighted by atomic mass is 10.2. The molecule has 0 saturated heterocycles. The number of aromatic amines is 1. The Balaban J connectivity index is 2.10. The molecule has 0 atom stereocenters. The summed E-state index contributed by atoms with van der Waals surface area (Å²) in [6.45, 7) is 0. The predicted octanol–water partition coefficient (Wildman–Crippen LogP) is 2.54. The zero-order chi connectivity index (χ0) is 16.6. The van der Waals surface area contributed by atoms with Gasteiger partial charge in [0.2, 0.25) is 5.95 Å². The maximum Gasteiger partial charge on any atom is 0.511 e. The highest BCUT2D eigenvalue weighted by molar-refractivity contribution is 7.98. The fourth-order valence-electron chi connectivity index (χ4n) is 1.97. The Morgan fingerprint density at radius 3 is 2.96 bits per heavy atom. The first-order valence-electron chi connectivity index (χ1n) is 6.21. The molecule has 1 aromatic carbocycles. The number of carboxylic acid groups (broad SMARTS) is 1. The second kappa shape index (κ2) is 5.94. The number of benzene rings is 1. The molecule has 118 valence electrons. The molecule has 8 nitrogen and oxygen atoms in total. The maximum absolute atomic E-state index is 12.2. The molecular weight excluding hydrogens is 344 g/mol. The minimum atomic E-state index is -1.46. The summed E-state index contributed by atoms with van der Waals surface area (Å²) in [5.74, 6) is 0.131. The number of aromatic nitrogens is 4. The number of halogens is 1. The van der Waals surface area contributed by atoms with Crippen LogP contribution in [-0.4, -0.2) is 37.3 Å². The van der Waals surface area contributed by atoms with Crippen LogP contribution >= 0.6 is 23.4 Å². The molecule has 0 saturated carbocycles. The van der Waals surface area contributed by atoms with Crippen molar-refractivity contribution in [3.05, 3.63) is 39.9 Å². The number of rotatable bonds is 3. The van der Waals surface area contributed by atoms with E-state index in [1.165, 1.54) is 28.8 Å². The molecule has 0 fully saturated rings. The molecule has 2 heterocycles. The van der Waals surface area contributed by atoms with Crippen molar-refractivity contribution in [1.82, 2.24) is 19.7 Å². The van der Waals surface area contributed by atoms with Crippen LogP contribution in [0.4, 0.5) is 4.79 Å². The van der Waals surface area contributed by atoms with Gasteiger partial charge < -0.3 is 9.84 Å². The highest BCUT2D eigenvalue weighted by Gasteiger charge is 2.11. The number of thioether (sulfide) groups is 1. The van der Waals surface area contributed by atoms with Gasteiger partial charge in [0.1, 0.15) is 0 Å². The van der Waals surface area contributed by atoms with Crippen LogP contribution in [-0.2, 0) is 0 Å². The van der Waals surface area contributed by atoms with Gasteiger partial charge in [-0.25, -0.2) is 14.5 Å². The van der Waals surface area contributed by atoms with Crippen molar-refractivity contribution in [3.8, 4) is 11.7 Å². The number of ether oxygens (including phenoxy) is 1. The van der Waals surface area contributed by atoms with Gasteiger partial charge in [0, 0.05) is 4.90 Å². The van der Waals surface area contributed by atoms with Crippen molar-refractivity contribution in [3.63, 3.8) is 0 Å². The number of hydrogen-bond donors (Lipinski definition) is 2. The zero-order valence-corrected chi connectivity index (χ0v) is 13.2. The molecule has 0 aliphatic heterocycles. The number of nitrogens with one attached hydrogen (secondary N) is 1. The highest BCUT2D eigenvalue weighted by atomic mass is 35.5. The lowest BCUT2D eigenvalue weighted by molar-refractivity contribution is 0.144. The third-order valence-corrected chi connectivity index (χ3v) is 4.15. The number of nitrogens with zero attached hydrogens (tertiary/aromatic N) is 3. The van der Waals surface area contributed by atoms with Crippen molar-refractivity contribution in [2.45, 2.75) is 4.90 Å². The molecule has 0 aliphatic carbocycles. The van der Waals surface area contributed by atoms with E-state index < -0.39 is 6.16 Å². The van der Waals surface area contributed by atoms with Crippen LogP contribution < -0.4 is 10.3 Å². The first-order chi connectivity index (χ1) is 11.0. The lowest BCUT2D eigenvalue weighted by Gasteiger charge is -2.05. The van der Waals surface area contributed by atoms with E-state index in [0.717, 1.165) is 4.90 Å². The SMILES string of the molecule is CSc1cc2c(=O)[nH]c(-n3cc(OC(=O)O)cn3)nc2cc1Cl. The smallest absolute Gasteiger partial charge is 0.449 e. The second-order valence-electron chi connectivity index (χ2n) is 4.38. The Hall–Kier alpha value is -2.52. The Morgan fingerprint density at radius 2 is 2.26 bits per heavy atom. The summed E-state index contributed by atoms with van der Waals surface area (Å²) in [6, 6.07) is 3.26. The van der Waals surface area contributed by atoms with E-state index in [9.17, 15) is 9.59 Å². The van der Waals surface area contributed by atoms with Gasteiger partial charge in [-0.15, -0.1) is 11.8 Å². The number of H-pyrrole nitrogens is 1. The van der Waals surface area contributed by atoms with E-state index >= 15 is 0 Å². The summed E-state index contributed by atoms with van der Waals surface area (Å²) in [4.78, 5) is 30.4. The van der Waals surface area contributed by atoms with E-state index in [1.54, 1.807) is 12.1 Å². The topological polar surface area (TPSA) is 110 Å². The molecule has 0 amide bonds. The van der Waals surface area contributed by atoms with Gasteiger partial charge >= 0.3 is 6.16 Å². The first kappa shape index (κ1) is 15.4. The second-order valence-corrected chi connectivity index (χ2v) is 5.64. The molecule has 3 rings (SSSR count). The molecule has 0 aliphatic rings. The quantitative estimate of drug-likeness (QED) is 0.550. The van der Waals surface area contributed by atoms with Gasteiger partial charge in [-0.05, 0) is 18.4 Å². The van der Waals surface area contributed by atoms with Crippen molar-refractivity contribution >= 4 is 40.4 Å². The van der Waals surface area contributed by atoms with E-state index in [2.05, 4.69) is 19.8 Å². The van der Waals surface area contributed by atoms with Crippen LogP contribution in [0.15, 0.2) is 34.2 Å². The Morgan fingerprint density at radius 1 is 1.48 bits per heavy atom. The average Bonchev–Trinajstić information content (AvgIpc) is 2.94. The fraction of sp³-hybridized carbons (Fsp3) is 0.0769. The van der Waals surface area contributed by atoms with Crippen LogP contribution in [0.5, 0.6) is 5.75 Å². The average molecular weight is 353 g/mol. The molecule has 0 spiro atoms. The van der Waals surface area contributed by atoms with Gasteiger partial charge in [0.05, 0.1) is 28.3 Å². The summed E-state index contributed by atoms with van der Waals surface area (Å²) in [7, 11) is 0. The third kappa shape index (κ3) is 3.01. The van der Waals surface area contributed by atoms with E-state index in [1.807, 2.05) is 6.26 Å². The molecular formula is C13H9ClN4O4S. The summed E-state index contributed by atoms with van der Waals surface area (Å²) >= 11 is 7.56. The van der Waals surface area contributed by atoms with Crippen LogP contribution in [0.1, 0.15) is 0 Å². The summed E-state index contributed by atoms with van der Waals surface area (Å²) < 4.78 is 5.68. The Labute approximate surface area is 138 Å². The minimum Gasteiger partial charge on any atom is -0.449 e. The summed E-state index contributed by atoms with van der Waals surface area (Å²) in [6.07, 6.45) is 2.88. The summed E-state index contributed by atoms with van der Waals surface area (Å²) in [5.41, 5.74) is 0.0518. The molecule has 0 unspecified atom stereocenters. The van der Waals surface area contributed by atoms with Crippen molar-refractivity contribution in [1.29, 1.82) is 0 Å². The largest absolute Gasteiger partial charge is 0.511 e. The molecule has 3 aromatic rings. The molecule has 0 bridgehead atoms. The first-order valence-corrected chi connectivity index (χ1v) is 7.81. The van der Waals surface area contributed by atoms with Gasteiger partial charge in [-0.1, -0.05) is 11.6 Å². The number of hydrogen-bond acceptors (Lipinski definition) is 6. The summed E-state index contributed by atoms with van der Waals surface area (Å²) in [5, 5.41) is 13.4. The fourth-order valence-corrected chi connectivity index (χ4v) is 2.85. The molecule has 10 heteroatoms. The van der Waals surface area contributed by atoms with Gasteiger partial charge in [0.25, 0.3) is 5.56 Å². The van der Waals surface area contributed by atoms with Crippen LogP contribution in [0.2, 0.25) is 5.02 Å². The minimum absolute atomic E-state index is 0.0102. The normalized spacial score (nSPS) is 10.9. The molecule has 2 N–H and O–H groups in total. The van der Waals surface area contributed by atoms with Crippen molar-refractivity contribution in [2.24, 2.45) is 0 Å². The standard InChI is InChI=1S/C13H9ClN4O4S/c1-23-10-2-7-9(3-8(10)14)16-12(17-11(7)19)18-5-6(4-15-18)22-13(20)21/h2-5H,1H3,(H,20,21)(H,16,17,19). The van der Waals surface area contributed by atoms with E-state index in [0.29, 0.717) is 15.9 Å². The maximum atomic E-state index is 12.2. The van der Waals surface area contributed by atoms with Gasteiger partial charge in [-0.2, -0.15) is 5.10 Å². The van der Waals surface area contributed by atoms with Crippen molar-refractivity contribution in [2.75, 3.05) is 6.26 Å². The molecule has 0 radical (unpaired) electrons. The van der Waals surface area contributed by atoms with Gasteiger partial charge in [-0.3, -0.25) is 9.78 Å². The molecule has 2 aromatic heterocycles. The zero-order valence-electron chi connectivity index (χ0n) is 11.6. The van der Waals surface area contributed by atoms with Crippen LogP contribution in [0.25, 0.3) is 16.9 Å². The lowest BCUT2D eigenvalue weighted by Crippen LogP contribution is -2.14. The monoisotopic (exact) mass is 352 g/mol. The Kier molecular flexibility index (Phi) is 3.97. The van der Waals surface area contributed by atoms with Crippen molar-refractivity contribution < 1.29 is 14.6 Å². The Bertz CT molecular complexity index is 968. The predicted molar refractivity (Wildman–Crippen MR) is 84.9 cm³/mol. The van der Waals surface area contributed by atoms with E-state index in [4.69, 9.17) is 16.7 Å². The van der Waals surface area contributed by atoms with Crippen LogP contribution in [0, 0.1) is 0 Å². The highest BCUT2D eigenvalue weighted by Crippen LogP contribution is 2.28. The number of carbonyl (C=O) groups is 1. The van der Waals surface area contributed by atoms with Gasteiger partial charge in [0.15, 0.2) is 5.75 Å².